The molecule has 144 valence electrons. The van der Waals surface area contributed by atoms with E-state index in [1.54, 1.807) is 67.7 Å². The van der Waals surface area contributed by atoms with E-state index in [1.165, 1.54) is 11.2 Å². The molecule has 0 aliphatic rings. The number of halogens is 1. The second-order valence-electron chi connectivity index (χ2n) is 6.01. The Hall–Kier alpha value is -3.25. The van der Waals surface area contributed by atoms with Gasteiger partial charge in [-0.2, -0.15) is 0 Å². The van der Waals surface area contributed by atoms with Crippen LogP contribution in [0.15, 0.2) is 71.3 Å². The third-order valence-corrected chi connectivity index (χ3v) is 4.22. The van der Waals surface area contributed by atoms with Gasteiger partial charge in [-0.15, -0.1) is 0 Å². The van der Waals surface area contributed by atoms with E-state index in [0.717, 1.165) is 0 Å². The summed E-state index contributed by atoms with van der Waals surface area (Å²) in [5, 5.41) is 3.30. The zero-order valence-corrected chi connectivity index (χ0v) is 16.0. The molecule has 2 amide bonds. The smallest absolute Gasteiger partial charge is 0.291 e. The number of amides is 2. The fraction of sp³-hybridized carbons (Fsp3) is 0.143. The lowest BCUT2D eigenvalue weighted by atomic mass is 10.1. The van der Waals surface area contributed by atoms with Crippen LogP contribution >= 0.6 is 11.6 Å². The summed E-state index contributed by atoms with van der Waals surface area (Å²) in [6.07, 6.45) is 1.42. The third kappa shape index (κ3) is 4.92. The summed E-state index contributed by atoms with van der Waals surface area (Å²) in [4.78, 5) is 26.6. The van der Waals surface area contributed by atoms with Crippen molar-refractivity contribution in [2.75, 3.05) is 25.5 Å². The quantitative estimate of drug-likeness (QED) is 0.642. The number of nitrogens with zero attached hydrogens (tertiary/aromatic N) is 1. The van der Waals surface area contributed by atoms with Crippen molar-refractivity contribution in [3.05, 3.63) is 83.3 Å². The highest BCUT2D eigenvalue weighted by Crippen LogP contribution is 2.19. The molecular formula is C21H19ClN2O4. The molecule has 3 rings (SSSR count). The number of benzene rings is 2. The van der Waals surface area contributed by atoms with E-state index in [2.05, 4.69) is 5.32 Å². The van der Waals surface area contributed by atoms with E-state index < -0.39 is 5.91 Å². The normalized spacial score (nSPS) is 10.4. The second-order valence-corrected chi connectivity index (χ2v) is 6.45. The highest BCUT2D eigenvalue weighted by Gasteiger charge is 2.18. The number of hydrogen-bond donors (Lipinski definition) is 1. The van der Waals surface area contributed by atoms with Crippen LogP contribution in [0.4, 0.5) is 5.69 Å². The van der Waals surface area contributed by atoms with E-state index in [1.807, 2.05) is 0 Å². The van der Waals surface area contributed by atoms with Crippen molar-refractivity contribution in [2.24, 2.45) is 0 Å². The number of likely N-dealkylation sites (N-methyl/N-ethyl adjacent to an activating group) is 1. The minimum atomic E-state index is -0.419. The number of nitrogens with one attached hydrogen (secondary N) is 1. The molecule has 28 heavy (non-hydrogen) atoms. The Kier molecular flexibility index (Phi) is 6.34. The van der Waals surface area contributed by atoms with Gasteiger partial charge >= 0.3 is 0 Å². The Morgan fingerprint density at radius 3 is 2.68 bits per heavy atom. The fourth-order valence-electron chi connectivity index (χ4n) is 2.53. The molecule has 0 unspecified atom stereocenters. The Morgan fingerprint density at radius 2 is 1.93 bits per heavy atom. The highest BCUT2D eigenvalue weighted by atomic mass is 35.5. The van der Waals surface area contributed by atoms with Gasteiger partial charge in [-0.1, -0.05) is 29.8 Å². The third-order valence-electron chi connectivity index (χ3n) is 3.99. The standard InChI is InChI=1S/C21H19ClN2O4/c1-24(11-13-27-16-7-4-6-15(22)14-16)21(26)17-8-2-3-9-18(17)23-20(25)19-10-5-12-28-19/h2-10,12,14H,11,13H2,1H3,(H,23,25). The van der Waals surface area contributed by atoms with E-state index >= 15 is 0 Å². The molecule has 0 saturated heterocycles. The zero-order chi connectivity index (χ0) is 19.9. The van der Waals surface area contributed by atoms with Gasteiger partial charge in [0.2, 0.25) is 0 Å². The lowest BCUT2D eigenvalue weighted by Crippen LogP contribution is -2.31. The van der Waals surface area contributed by atoms with E-state index in [4.69, 9.17) is 20.8 Å². The van der Waals surface area contributed by atoms with Crippen molar-refractivity contribution >= 4 is 29.1 Å². The summed E-state index contributed by atoms with van der Waals surface area (Å²) in [7, 11) is 1.68. The summed E-state index contributed by atoms with van der Waals surface area (Å²) < 4.78 is 10.7. The van der Waals surface area contributed by atoms with Crippen LogP contribution in [0, 0.1) is 0 Å². The van der Waals surface area contributed by atoms with Crippen molar-refractivity contribution in [3.63, 3.8) is 0 Å². The molecule has 0 spiro atoms. The van der Waals surface area contributed by atoms with Gasteiger partial charge < -0.3 is 19.4 Å². The number of ether oxygens (including phenoxy) is 1. The average Bonchev–Trinajstić information content (AvgIpc) is 3.23. The van der Waals surface area contributed by atoms with Crippen molar-refractivity contribution in [1.29, 1.82) is 0 Å². The van der Waals surface area contributed by atoms with Crippen LogP contribution in [0.1, 0.15) is 20.9 Å². The molecule has 1 heterocycles. The van der Waals surface area contributed by atoms with E-state index in [9.17, 15) is 9.59 Å². The molecule has 7 heteroatoms. The Balaban J connectivity index is 1.62. The maximum absolute atomic E-state index is 12.8. The van der Waals surface area contributed by atoms with Crippen molar-refractivity contribution in [1.82, 2.24) is 4.90 Å². The number of carbonyl (C=O) groups excluding carboxylic acids is 2. The molecule has 6 nitrogen and oxygen atoms in total. The minimum Gasteiger partial charge on any atom is -0.492 e. The van der Waals surface area contributed by atoms with E-state index in [0.29, 0.717) is 35.2 Å². The SMILES string of the molecule is CN(CCOc1cccc(Cl)c1)C(=O)c1ccccc1NC(=O)c1ccco1. The first-order valence-electron chi connectivity index (χ1n) is 8.62. The van der Waals surface area contributed by atoms with Gasteiger partial charge in [-0.05, 0) is 42.5 Å². The average molecular weight is 399 g/mol. The molecule has 2 aromatic carbocycles. The predicted molar refractivity (Wildman–Crippen MR) is 107 cm³/mol. The number of carbonyl (C=O) groups is 2. The van der Waals surface area contributed by atoms with Crippen LogP contribution in [-0.2, 0) is 0 Å². The van der Waals surface area contributed by atoms with Crippen LogP contribution in [-0.4, -0.2) is 36.9 Å². The maximum atomic E-state index is 12.8. The molecule has 0 saturated carbocycles. The van der Waals surface area contributed by atoms with Crippen LogP contribution in [0.2, 0.25) is 5.02 Å². The summed E-state index contributed by atoms with van der Waals surface area (Å²) in [6.45, 7) is 0.676. The molecule has 0 radical (unpaired) electrons. The minimum absolute atomic E-state index is 0.172. The number of furan rings is 1. The highest BCUT2D eigenvalue weighted by molar-refractivity contribution is 6.30. The summed E-state index contributed by atoms with van der Waals surface area (Å²) >= 11 is 5.93. The van der Waals surface area contributed by atoms with Crippen LogP contribution in [0.3, 0.4) is 0 Å². The first kappa shape index (κ1) is 19.5. The van der Waals surface area contributed by atoms with Gasteiger partial charge in [-0.3, -0.25) is 9.59 Å². The van der Waals surface area contributed by atoms with Gasteiger partial charge in [0, 0.05) is 12.1 Å². The van der Waals surface area contributed by atoms with Crippen LogP contribution in [0.5, 0.6) is 5.75 Å². The van der Waals surface area contributed by atoms with Crippen LogP contribution < -0.4 is 10.1 Å². The summed E-state index contributed by atoms with van der Waals surface area (Å²) in [5.41, 5.74) is 0.796. The van der Waals surface area contributed by atoms with Gasteiger partial charge in [-0.25, -0.2) is 0 Å². The molecule has 1 N–H and O–H groups in total. The Labute approximate surface area is 167 Å². The molecular weight excluding hydrogens is 380 g/mol. The number of para-hydroxylation sites is 1. The molecule has 0 bridgehead atoms. The first-order chi connectivity index (χ1) is 13.5. The predicted octanol–water partition coefficient (Wildman–Crippen LogP) is 4.34. The largest absolute Gasteiger partial charge is 0.492 e. The molecule has 0 atom stereocenters. The molecule has 0 aliphatic carbocycles. The van der Waals surface area contributed by atoms with E-state index in [-0.39, 0.29) is 11.7 Å². The topological polar surface area (TPSA) is 71.8 Å². The lowest BCUT2D eigenvalue weighted by Gasteiger charge is -2.19. The molecule has 3 aromatic rings. The van der Waals surface area contributed by atoms with Crippen molar-refractivity contribution in [3.8, 4) is 5.75 Å². The molecule has 0 fully saturated rings. The lowest BCUT2D eigenvalue weighted by molar-refractivity contribution is 0.0775. The van der Waals surface area contributed by atoms with Gasteiger partial charge in [0.05, 0.1) is 24.1 Å². The monoisotopic (exact) mass is 398 g/mol. The Bertz CT molecular complexity index is 957. The summed E-state index contributed by atoms with van der Waals surface area (Å²) in [5.74, 6) is 0.159. The first-order valence-corrected chi connectivity index (χ1v) is 9.00. The second kappa shape index (κ2) is 9.10. The summed E-state index contributed by atoms with van der Waals surface area (Å²) in [6, 6.07) is 17.1. The molecule has 1 aromatic heterocycles. The number of hydrogen-bond acceptors (Lipinski definition) is 4. The van der Waals surface area contributed by atoms with Crippen molar-refractivity contribution < 1.29 is 18.7 Å². The number of anilines is 1. The Morgan fingerprint density at radius 1 is 1.11 bits per heavy atom. The van der Waals surface area contributed by atoms with Crippen molar-refractivity contribution in [2.45, 2.75) is 0 Å². The number of rotatable bonds is 7. The fourth-order valence-corrected chi connectivity index (χ4v) is 2.71. The van der Waals surface area contributed by atoms with Gasteiger partial charge in [0.15, 0.2) is 5.76 Å². The van der Waals surface area contributed by atoms with Crippen LogP contribution in [0.25, 0.3) is 0 Å². The maximum Gasteiger partial charge on any atom is 0.291 e. The zero-order valence-electron chi connectivity index (χ0n) is 15.2. The van der Waals surface area contributed by atoms with Gasteiger partial charge in [0.1, 0.15) is 12.4 Å². The molecule has 0 aliphatic heterocycles. The van der Waals surface area contributed by atoms with Gasteiger partial charge in [0.25, 0.3) is 11.8 Å².